The standard InChI is InChI=1S/C20H28N2O3/c1-19(2)9-15-10-20(3,12-19)13-22(15)11-18(23)21-14-4-5-16-17(8-14)25-7-6-24-16/h4-5,8,15H,6-7,9-13H2,1-3H3,(H,21,23). The third-order valence-electron chi connectivity index (χ3n) is 5.70. The average Bonchev–Trinajstić information content (AvgIpc) is 2.75. The van der Waals surface area contributed by atoms with Crippen LogP contribution in [0.2, 0.25) is 0 Å². The summed E-state index contributed by atoms with van der Waals surface area (Å²) in [7, 11) is 0. The van der Waals surface area contributed by atoms with E-state index >= 15 is 0 Å². The van der Waals surface area contributed by atoms with E-state index in [1.54, 1.807) is 0 Å². The Morgan fingerprint density at radius 2 is 1.96 bits per heavy atom. The molecule has 1 aliphatic carbocycles. The zero-order valence-corrected chi connectivity index (χ0v) is 15.4. The molecule has 25 heavy (non-hydrogen) atoms. The topological polar surface area (TPSA) is 50.8 Å². The molecule has 1 amide bonds. The van der Waals surface area contributed by atoms with Crippen molar-refractivity contribution in [3.8, 4) is 11.5 Å². The second-order valence-electron chi connectivity index (χ2n) is 9.03. The highest BCUT2D eigenvalue weighted by atomic mass is 16.6. The second-order valence-corrected chi connectivity index (χ2v) is 9.03. The van der Waals surface area contributed by atoms with Gasteiger partial charge in [-0.25, -0.2) is 0 Å². The van der Waals surface area contributed by atoms with E-state index in [2.05, 4.69) is 31.0 Å². The number of hydrogen-bond donors (Lipinski definition) is 1. The number of fused-ring (bicyclic) bond motifs is 3. The third-order valence-corrected chi connectivity index (χ3v) is 5.70. The van der Waals surface area contributed by atoms with Gasteiger partial charge < -0.3 is 14.8 Å². The summed E-state index contributed by atoms with van der Waals surface area (Å²) in [5.41, 5.74) is 1.49. The maximum atomic E-state index is 12.6. The Hall–Kier alpha value is -1.75. The number of carbonyl (C=O) groups is 1. The van der Waals surface area contributed by atoms with Gasteiger partial charge in [-0.05, 0) is 42.2 Å². The molecule has 2 atom stereocenters. The Morgan fingerprint density at radius 3 is 2.76 bits per heavy atom. The summed E-state index contributed by atoms with van der Waals surface area (Å²) in [4.78, 5) is 14.9. The van der Waals surface area contributed by atoms with E-state index in [1.807, 2.05) is 18.2 Å². The van der Waals surface area contributed by atoms with Crippen molar-refractivity contribution >= 4 is 11.6 Å². The summed E-state index contributed by atoms with van der Waals surface area (Å²) < 4.78 is 11.1. The van der Waals surface area contributed by atoms with Crippen LogP contribution >= 0.6 is 0 Å². The number of hydrogen-bond acceptors (Lipinski definition) is 4. The first kappa shape index (κ1) is 16.7. The Morgan fingerprint density at radius 1 is 1.20 bits per heavy atom. The number of nitrogens with zero attached hydrogens (tertiary/aromatic N) is 1. The van der Waals surface area contributed by atoms with E-state index in [0.29, 0.717) is 42.4 Å². The highest BCUT2D eigenvalue weighted by Gasteiger charge is 2.49. The van der Waals surface area contributed by atoms with Gasteiger partial charge in [0.15, 0.2) is 11.5 Å². The molecule has 4 rings (SSSR count). The largest absolute Gasteiger partial charge is 0.486 e. The van der Waals surface area contributed by atoms with E-state index < -0.39 is 0 Å². The zero-order chi connectivity index (χ0) is 17.7. The van der Waals surface area contributed by atoms with E-state index in [0.717, 1.165) is 18.0 Å². The van der Waals surface area contributed by atoms with Gasteiger partial charge in [0.1, 0.15) is 13.2 Å². The summed E-state index contributed by atoms with van der Waals surface area (Å²) in [5, 5.41) is 3.02. The van der Waals surface area contributed by atoms with Crippen LogP contribution in [0.25, 0.3) is 0 Å². The van der Waals surface area contributed by atoms with E-state index in [9.17, 15) is 4.79 Å². The zero-order valence-electron chi connectivity index (χ0n) is 15.4. The minimum atomic E-state index is 0.0469. The molecule has 3 aliphatic rings. The van der Waals surface area contributed by atoms with Crippen LogP contribution in [0.1, 0.15) is 40.0 Å². The van der Waals surface area contributed by atoms with Crippen LogP contribution in [0.5, 0.6) is 11.5 Å². The van der Waals surface area contributed by atoms with Crippen molar-refractivity contribution in [1.29, 1.82) is 0 Å². The van der Waals surface area contributed by atoms with Gasteiger partial charge in [-0.1, -0.05) is 20.8 Å². The molecule has 2 aliphatic heterocycles. The smallest absolute Gasteiger partial charge is 0.238 e. The third kappa shape index (κ3) is 3.47. The molecule has 1 saturated carbocycles. The van der Waals surface area contributed by atoms with Crippen LogP contribution in [0, 0.1) is 10.8 Å². The molecular weight excluding hydrogens is 316 g/mol. The molecule has 2 bridgehead atoms. The Labute approximate surface area is 149 Å². The van der Waals surface area contributed by atoms with Gasteiger partial charge in [0.25, 0.3) is 0 Å². The number of likely N-dealkylation sites (tertiary alicyclic amines) is 1. The molecule has 0 radical (unpaired) electrons. The molecule has 5 heteroatoms. The monoisotopic (exact) mass is 344 g/mol. The van der Waals surface area contributed by atoms with Gasteiger partial charge in [0.2, 0.25) is 5.91 Å². The van der Waals surface area contributed by atoms with Gasteiger partial charge in [0.05, 0.1) is 6.54 Å². The molecule has 2 unspecified atom stereocenters. The summed E-state index contributed by atoms with van der Waals surface area (Å²) in [6, 6.07) is 6.10. The fourth-order valence-electron chi connectivity index (χ4n) is 5.27. The Kier molecular flexibility index (Phi) is 3.95. The first-order valence-electron chi connectivity index (χ1n) is 9.26. The highest BCUT2D eigenvalue weighted by Crippen LogP contribution is 2.52. The van der Waals surface area contributed by atoms with Gasteiger partial charge in [-0.3, -0.25) is 9.69 Å². The number of anilines is 1. The van der Waals surface area contributed by atoms with Crippen LogP contribution in [0.15, 0.2) is 18.2 Å². The van der Waals surface area contributed by atoms with Gasteiger partial charge in [0, 0.05) is 24.3 Å². The van der Waals surface area contributed by atoms with Crippen LogP contribution in [0.4, 0.5) is 5.69 Å². The molecule has 1 aromatic carbocycles. The minimum Gasteiger partial charge on any atom is -0.486 e. The van der Waals surface area contributed by atoms with Crippen LogP contribution in [0.3, 0.4) is 0 Å². The van der Waals surface area contributed by atoms with Crippen LogP contribution in [-0.4, -0.2) is 43.2 Å². The lowest BCUT2D eigenvalue weighted by Gasteiger charge is -2.39. The predicted octanol–water partition coefficient (Wildman–Crippen LogP) is 3.30. The average molecular weight is 344 g/mol. The van der Waals surface area contributed by atoms with Crippen LogP contribution < -0.4 is 14.8 Å². The van der Waals surface area contributed by atoms with Crippen molar-refractivity contribution in [2.24, 2.45) is 10.8 Å². The molecule has 0 spiro atoms. The minimum absolute atomic E-state index is 0.0469. The van der Waals surface area contributed by atoms with Crippen molar-refractivity contribution < 1.29 is 14.3 Å². The highest BCUT2D eigenvalue weighted by molar-refractivity contribution is 5.92. The maximum absolute atomic E-state index is 12.6. The molecular formula is C20H28N2O3. The lowest BCUT2D eigenvalue weighted by atomic mass is 9.65. The SMILES string of the molecule is CC1(C)CC2CC(C)(CN2CC(=O)Nc2ccc3c(c2)OCCO3)C1. The van der Waals surface area contributed by atoms with Gasteiger partial charge >= 0.3 is 0 Å². The summed E-state index contributed by atoms with van der Waals surface area (Å²) in [5.74, 6) is 1.49. The van der Waals surface area contributed by atoms with Crippen molar-refractivity contribution in [2.45, 2.75) is 46.1 Å². The summed E-state index contributed by atoms with van der Waals surface area (Å²) in [6.07, 6.45) is 3.64. The van der Waals surface area contributed by atoms with Crippen molar-refractivity contribution in [2.75, 3.05) is 31.6 Å². The fraction of sp³-hybridized carbons (Fsp3) is 0.650. The van der Waals surface area contributed by atoms with Crippen molar-refractivity contribution in [1.82, 2.24) is 4.90 Å². The molecule has 2 fully saturated rings. The Bertz CT molecular complexity index is 688. The van der Waals surface area contributed by atoms with E-state index in [1.165, 1.54) is 19.3 Å². The second kappa shape index (κ2) is 5.90. The van der Waals surface area contributed by atoms with Crippen molar-refractivity contribution in [3.63, 3.8) is 0 Å². The summed E-state index contributed by atoms with van der Waals surface area (Å²) >= 11 is 0. The lowest BCUT2D eigenvalue weighted by molar-refractivity contribution is -0.117. The predicted molar refractivity (Wildman–Crippen MR) is 97.2 cm³/mol. The molecule has 1 N–H and O–H groups in total. The van der Waals surface area contributed by atoms with Gasteiger partial charge in [-0.15, -0.1) is 0 Å². The number of benzene rings is 1. The number of carbonyl (C=O) groups excluding carboxylic acids is 1. The number of rotatable bonds is 3. The first-order chi connectivity index (χ1) is 11.8. The van der Waals surface area contributed by atoms with Crippen molar-refractivity contribution in [3.05, 3.63) is 18.2 Å². The maximum Gasteiger partial charge on any atom is 0.238 e. The molecule has 5 nitrogen and oxygen atoms in total. The number of amides is 1. The molecule has 1 saturated heterocycles. The Balaban J connectivity index is 1.40. The van der Waals surface area contributed by atoms with Gasteiger partial charge in [-0.2, -0.15) is 0 Å². The normalized spacial score (nSPS) is 30.1. The molecule has 1 aromatic rings. The molecule has 2 heterocycles. The number of nitrogens with one attached hydrogen (secondary N) is 1. The lowest BCUT2D eigenvalue weighted by Crippen LogP contribution is -2.38. The summed E-state index contributed by atoms with van der Waals surface area (Å²) in [6.45, 7) is 9.70. The van der Waals surface area contributed by atoms with E-state index in [4.69, 9.17) is 9.47 Å². The van der Waals surface area contributed by atoms with Crippen LogP contribution in [-0.2, 0) is 4.79 Å². The quantitative estimate of drug-likeness (QED) is 0.914. The van der Waals surface area contributed by atoms with E-state index in [-0.39, 0.29) is 5.91 Å². The first-order valence-corrected chi connectivity index (χ1v) is 9.26. The number of ether oxygens (including phenoxy) is 2. The fourth-order valence-corrected chi connectivity index (χ4v) is 5.27. The molecule has 136 valence electrons. The molecule has 0 aromatic heterocycles.